The molecule has 184 valence electrons. The zero-order valence-electron chi connectivity index (χ0n) is 20.5. The second-order valence-corrected chi connectivity index (χ2v) is 10.6. The van der Waals surface area contributed by atoms with E-state index in [4.69, 9.17) is 9.47 Å². The third-order valence-electron chi connectivity index (χ3n) is 7.29. The van der Waals surface area contributed by atoms with Crippen molar-refractivity contribution in [2.75, 3.05) is 19.8 Å². The highest BCUT2D eigenvalue weighted by Gasteiger charge is 2.76. The minimum atomic E-state index is -1.12. The second-order valence-electron chi connectivity index (χ2n) is 10.6. The maximum absolute atomic E-state index is 14.1. The van der Waals surface area contributed by atoms with Gasteiger partial charge in [-0.2, -0.15) is 0 Å². The second kappa shape index (κ2) is 9.22. The number of carbonyl (C=O) groups excluding carboxylic acids is 3. The van der Waals surface area contributed by atoms with Crippen LogP contribution < -0.4 is 0 Å². The van der Waals surface area contributed by atoms with E-state index in [1.165, 1.54) is 11.0 Å². The number of amides is 2. The fourth-order valence-electron chi connectivity index (χ4n) is 5.82. The van der Waals surface area contributed by atoms with Crippen molar-refractivity contribution in [2.24, 2.45) is 17.8 Å². The molecule has 2 bridgehead atoms. The first kappa shape index (κ1) is 25.4. The minimum Gasteiger partial charge on any atom is -0.461 e. The van der Waals surface area contributed by atoms with Crippen molar-refractivity contribution in [1.82, 2.24) is 9.80 Å². The summed E-state index contributed by atoms with van der Waals surface area (Å²) in [5.74, 6) is -2.78. The lowest BCUT2D eigenvalue weighted by molar-refractivity contribution is -0.157. The van der Waals surface area contributed by atoms with E-state index in [2.05, 4.69) is 13.2 Å². The van der Waals surface area contributed by atoms with Gasteiger partial charge in [0.05, 0.1) is 30.6 Å². The van der Waals surface area contributed by atoms with Crippen molar-refractivity contribution in [3.63, 3.8) is 0 Å². The number of nitrogens with zero attached hydrogens (tertiary/aromatic N) is 2. The molecule has 3 rings (SSSR count). The molecular formula is C25H38N2O6. The maximum Gasteiger partial charge on any atom is 0.312 e. The van der Waals surface area contributed by atoms with Gasteiger partial charge in [-0.15, -0.1) is 6.58 Å². The van der Waals surface area contributed by atoms with Gasteiger partial charge in [-0.3, -0.25) is 14.4 Å². The first-order valence-corrected chi connectivity index (χ1v) is 11.8. The SMILES string of the molecule is C=CCOC(=O)[C@@H]1[C@@H]2CCC3(O2)C(C(=O)N(CC=C)C(C)(C)C)N([C@@H](CO)C(C)C)C(=O)[C@H]13. The summed E-state index contributed by atoms with van der Waals surface area (Å²) < 4.78 is 11.7. The Labute approximate surface area is 196 Å². The number of esters is 1. The van der Waals surface area contributed by atoms with Gasteiger partial charge in [-0.25, -0.2) is 0 Å². The van der Waals surface area contributed by atoms with E-state index in [0.717, 1.165) is 0 Å². The van der Waals surface area contributed by atoms with Gasteiger partial charge in [0.25, 0.3) is 0 Å². The third kappa shape index (κ3) is 4.01. The highest BCUT2D eigenvalue weighted by atomic mass is 16.6. The first-order chi connectivity index (χ1) is 15.5. The summed E-state index contributed by atoms with van der Waals surface area (Å²) in [6.45, 7) is 17.0. The summed E-state index contributed by atoms with van der Waals surface area (Å²) in [5, 5.41) is 10.2. The van der Waals surface area contributed by atoms with Crippen LogP contribution in [0.25, 0.3) is 0 Å². The predicted octanol–water partition coefficient (Wildman–Crippen LogP) is 1.92. The van der Waals surface area contributed by atoms with Crippen LogP contribution >= 0.6 is 0 Å². The van der Waals surface area contributed by atoms with Crippen LogP contribution in [0, 0.1) is 17.8 Å². The lowest BCUT2D eigenvalue weighted by Gasteiger charge is -2.44. The summed E-state index contributed by atoms with van der Waals surface area (Å²) >= 11 is 0. The lowest BCUT2D eigenvalue weighted by atomic mass is 9.70. The van der Waals surface area contributed by atoms with Crippen LogP contribution in [0.1, 0.15) is 47.5 Å². The van der Waals surface area contributed by atoms with Crippen molar-refractivity contribution >= 4 is 17.8 Å². The van der Waals surface area contributed by atoms with Gasteiger partial charge in [-0.1, -0.05) is 32.6 Å². The van der Waals surface area contributed by atoms with E-state index in [1.54, 1.807) is 11.0 Å². The monoisotopic (exact) mass is 462 g/mol. The molecule has 6 atom stereocenters. The molecule has 0 saturated carbocycles. The van der Waals surface area contributed by atoms with Gasteiger partial charge in [0, 0.05) is 12.1 Å². The fraction of sp³-hybridized carbons (Fsp3) is 0.720. The van der Waals surface area contributed by atoms with Gasteiger partial charge >= 0.3 is 5.97 Å². The van der Waals surface area contributed by atoms with Crippen LogP contribution in [0.4, 0.5) is 0 Å². The Morgan fingerprint density at radius 3 is 2.52 bits per heavy atom. The number of rotatable bonds is 9. The number of likely N-dealkylation sites (tertiary alicyclic amines) is 1. The molecule has 3 heterocycles. The molecule has 0 aliphatic carbocycles. The quantitative estimate of drug-likeness (QED) is 0.415. The van der Waals surface area contributed by atoms with Crippen molar-refractivity contribution in [3.8, 4) is 0 Å². The van der Waals surface area contributed by atoms with E-state index in [0.29, 0.717) is 19.4 Å². The van der Waals surface area contributed by atoms with Gasteiger partial charge < -0.3 is 24.4 Å². The van der Waals surface area contributed by atoms with E-state index in [9.17, 15) is 19.5 Å². The molecule has 3 fully saturated rings. The van der Waals surface area contributed by atoms with Crippen LogP contribution in [0.2, 0.25) is 0 Å². The Kier molecular flexibility index (Phi) is 7.10. The number of hydrogen-bond acceptors (Lipinski definition) is 6. The zero-order valence-corrected chi connectivity index (χ0v) is 20.5. The number of aliphatic hydroxyl groups is 1. The van der Waals surface area contributed by atoms with E-state index in [1.807, 2.05) is 34.6 Å². The third-order valence-corrected chi connectivity index (χ3v) is 7.29. The predicted molar refractivity (Wildman–Crippen MR) is 123 cm³/mol. The molecule has 8 heteroatoms. The van der Waals surface area contributed by atoms with E-state index >= 15 is 0 Å². The minimum absolute atomic E-state index is 0.0461. The highest BCUT2D eigenvalue weighted by molar-refractivity contribution is 5.98. The molecule has 0 aromatic carbocycles. The van der Waals surface area contributed by atoms with Crippen molar-refractivity contribution in [3.05, 3.63) is 25.3 Å². The highest BCUT2D eigenvalue weighted by Crippen LogP contribution is 2.59. The average molecular weight is 463 g/mol. The van der Waals surface area contributed by atoms with Gasteiger partial charge in [0.2, 0.25) is 11.8 Å². The molecular weight excluding hydrogens is 424 g/mol. The molecule has 0 aromatic rings. The summed E-state index contributed by atoms with van der Waals surface area (Å²) in [7, 11) is 0. The van der Waals surface area contributed by atoms with Crippen LogP contribution in [-0.4, -0.2) is 81.8 Å². The van der Waals surface area contributed by atoms with Crippen LogP contribution in [-0.2, 0) is 23.9 Å². The summed E-state index contributed by atoms with van der Waals surface area (Å²) in [4.78, 5) is 44.2. The Morgan fingerprint density at radius 1 is 1.33 bits per heavy atom. The Bertz CT molecular complexity index is 818. The molecule has 3 saturated heterocycles. The molecule has 3 aliphatic heterocycles. The smallest absolute Gasteiger partial charge is 0.312 e. The molecule has 0 aromatic heterocycles. The Balaban J connectivity index is 2.12. The average Bonchev–Trinajstić information content (AvgIpc) is 3.37. The standard InChI is InChI=1S/C25H38N2O6/c1-8-12-26(24(5,6)7)22(30)20-25-11-10-17(33-25)18(23(31)32-13-9-2)19(25)21(29)27(20)16(14-28)15(3)4/h8-9,15-20,28H,1-2,10-14H2,3-7H3/t16-,17-,18+,19-,20?,25?/m0/s1. The van der Waals surface area contributed by atoms with Crippen molar-refractivity contribution < 1.29 is 29.0 Å². The van der Waals surface area contributed by atoms with Crippen LogP contribution in [0.3, 0.4) is 0 Å². The van der Waals surface area contributed by atoms with Crippen LogP contribution in [0.15, 0.2) is 25.3 Å². The normalized spacial score (nSPS) is 31.5. The number of aliphatic hydroxyl groups excluding tert-OH is 1. The molecule has 8 nitrogen and oxygen atoms in total. The molecule has 1 N–H and O–H groups in total. The number of ether oxygens (including phenoxy) is 2. The summed E-state index contributed by atoms with van der Waals surface area (Å²) in [6, 6.07) is -1.51. The van der Waals surface area contributed by atoms with Gasteiger partial charge in [-0.05, 0) is 39.5 Å². The zero-order chi connectivity index (χ0) is 24.7. The summed E-state index contributed by atoms with van der Waals surface area (Å²) in [6.07, 6.45) is 3.73. The number of carbonyl (C=O) groups is 3. The largest absolute Gasteiger partial charge is 0.461 e. The summed E-state index contributed by atoms with van der Waals surface area (Å²) in [5.41, 5.74) is -1.65. The molecule has 33 heavy (non-hydrogen) atoms. The fourth-order valence-corrected chi connectivity index (χ4v) is 5.82. The lowest BCUT2D eigenvalue weighted by Crippen LogP contribution is -2.62. The van der Waals surface area contributed by atoms with Gasteiger partial charge in [0.1, 0.15) is 18.2 Å². The van der Waals surface area contributed by atoms with Crippen LogP contribution in [0.5, 0.6) is 0 Å². The number of fused-ring (bicyclic) bond motifs is 1. The topological polar surface area (TPSA) is 96.4 Å². The maximum atomic E-state index is 14.1. The molecule has 1 spiro atoms. The Morgan fingerprint density at radius 2 is 2.00 bits per heavy atom. The molecule has 0 radical (unpaired) electrons. The molecule has 3 aliphatic rings. The first-order valence-electron chi connectivity index (χ1n) is 11.8. The van der Waals surface area contributed by atoms with E-state index in [-0.39, 0.29) is 30.9 Å². The van der Waals surface area contributed by atoms with Crippen molar-refractivity contribution in [2.45, 2.75) is 76.8 Å². The van der Waals surface area contributed by atoms with E-state index < -0.39 is 47.1 Å². The molecule has 2 unspecified atom stereocenters. The number of hydrogen-bond donors (Lipinski definition) is 1. The van der Waals surface area contributed by atoms with Crippen molar-refractivity contribution in [1.29, 1.82) is 0 Å². The molecule has 2 amide bonds. The van der Waals surface area contributed by atoms with Gasteiger partial charge in [0.15, 0.2) is 0 Å². The Hall–Kier alpha value is -2.19.